The van der Waals surface area contributed by atoms with E-state index in [1.54, 1.807) is 31.2 Å². The number of fused-ring (bicyclic) bond motifs is 2. The Morgan fingerprint density at radius 1 is 0.851 bits per heavy atom. The predicted octanol–water partition coefficient (Wildman–Crippen LogP) is 3.75. The summed E-state index contributed by atoms with van der Waals surface area (Å²) in [5, 5.41) is 27.6. The SMILES string of the molecule is Cn1cnc(Nc2nc(Cl)nc3ccoc23)c1.Cn1cnc(Nc2nc(N3CCC[C@@H]3CO)nc3ccoc23)c1.OC[C@H]1CCCN1. The third-order valence-electron chi connectivity index (χ3n) is 7.70. The third-order valence-corrected chi connectivity index (χ3v) is 7.87. The molecule has 16 nitrogen and oxygen atoms in total. The molecular weight excluding hydrogens is 628 g/mol. The highest BCUT2D eigenvalue weighted by atomic mass is 35.5. The summed E-state index contributed by atoms with van der Waals surface area (Å²) in [6, 6.07) is 4.02. The topological polar surface area (TPSA) is 193 Å². The Labute approximate surface area is 274 Å². The number of hydrogen-bond donors (Lipinski definition) is 5. The Hall–Kier alpha value is -4.77. The van der Waals surface area contributed by atoms with E-state index in [1.807, 2.05) is 41.7 Å². The molecule has 2 atom stereocenters. The van der Waals surface area contributed by atoms with E-state index >= 15 is 0 Å². The van der Waals surface area contributed by atoms with Crippen LogP contribution in [-0.2, 0) is 14.1 Å². The van der Waals surface area contributed by atoms with E-state index in [1.165, 1.54) is 6.42 Å². The average Bonchev–Trinajstić information content (AvgIpc) is 3.91. The Balaban J connectivity index is 0.000000141. The fourth-order valence-corrected chi connectivity index (χ4v) is 5.56. The number of nitrogens with one attached hydrogen (secondary N) is 3. The Morgan fingerprint density at radius 3 is 2.02 bits per heavy atom. The van der Waals surface area contributed by atoms with Gasteiger partial charge in [-0.2, -0.15) is 9.97 Å². The minimum atomic E-state index is 0.0713. The van der Waals surface area contributed by atoms with Crippen LogP contribution in [0.25, 0.3) is 22.2 Å². The van der Waals surface area contributed by atoms with E-state index in [-0.39, 0.29) is 17.9 Å². The number of halogens is 1. The number of aliphatic hydroxyl groups is 2. The summed E-state index contributed by atoms with van der Waals surface area (Å²) in [4.78, 5) is 27.7. The maximum absolute atomic E-state index is 9.53. The minimum absolute atomic E-state index is 0.0713. The molecule has 17 heteroatoms. The second-order valence-corrected chi connectivity index (χ2v) is 11.6. The highest BCUT2D eigenvalue weighted by molar-refractivity contribution is 6.28. The number of aliphatic hydroxyl groups excluding tert-OH is 2. The molecule has 0 saturated carbocycles. The summed E-state index contributed by atoms with van der Waals surface area (Å²) in [6.07, 6.45) is 14.6. The van der Waals surface area contributed by atoms with Crippen LogP contribution in [0.15, 0.2) is 58.5 Å². The molecule has 47 heavy (non-hydrogen) atoms. The highest BCUT2D eigenvalue weighted by Crippen LogP contribution is 2.30. The van der Waals surface area contributed by atoms with Crippen molar-refractivity contribution in [2.75, 3.05) is 41.8 Å². The zero-order valence-electron chi connectivity index (χ0n) is 26.0. The monoisotopic (exact) mass is 664 g/mol. The molecule has 2 aliphatic rings. The Kier molecular flexibility index (Phi) is 10.1. The second-order valence-electron chi connectivity index (χ2n) is 11.2. The van der Waals surface area contributed by atoms with E-state index in [0.29, 0.717) is 58.6 Å². The zero-order valence-corrected chi connectivity index (χ0v) is 26.8. The largest absolute Gasteiger partial charge is 0.459 e. The van der Waals surface area contributed by atoms with Gasteiger partial charge in [-0.15, -0.1) is 0 Å². The normalized spacial score (nSPS) is 17.4. The lowest BCUT2D eigenvalue weighted by atomic mass is 10.2. The summed E-state index contributed by atoms with van der Waals surface area (Å²) >= 11 is 5.82. The summed E-state index contributed by atoms with van der Waals surface area (Å²) in [6.45, 7) is 2.35. The van der Waals surface area contributed by atoms with Crippen LogP contribution in [0, 0.1) is 0 Å². The molecular formula is C30H37ClN12O4. The van der Waals surface area contributed by atoms with Crippen molar-refractivity contribution in [3.63, 3.8) is 0 Å². The summed E-state index contributed by atoms with van der Waals surface area (Å²) in [5.41, 5.74) is 2.54. The lowest BCUT2D eigenvalue weighted by Crippen LogP contribution is -2.33. The first-order valence-electron chi connectivity index (χ1n) is 15.3. The van der Waals surface area contributed by atoms with Gasteiger partial charge in [-0.1, -0.05) is 0 Å². The summed E-state index contributed by atoms with van der Waals surface area (Å²) in [7, 11) is 3.79. The molecule has 5 N–H and O–H groups in total. The van der Waals surface area contributed by atoms with Gasteiger partial charge >= 0.3 is 0 Å². The number of anilines is 5. The van der Waals surface area contributed by atoms with Gasteiger partial charge in [0.05, 0.1) is 44.4 Å². The number of nitrogens with zero attached hydrogens (tertiary/aromatic N) is 9. The molecule has 0 bridgehead atoms. The molecule has 0 aliphatic carbocycles. The summed E-state index contributed by atoms with van der Waals surface area (Å²) in [5.74, 6) is 3.05. The smallest absolute Gasteiger partial charge is 0.228 e. The number of aromatic nitrogens is 8. The van der Waals surface area contributed by atoms with Gasteiger partial charge in [-0.3, -0.25) is 0 Å². The standard InChI is InChI=1S/C15H18N6O2.C10H8ClN5O.C5H11NO/c1-20-7-12(16-9-20)18-14-13-11(4-6-23-13)17-15(19-14)21-5-2-3-10(21)8-22;1-16-4-7(12-5-16)14-9-8-6(2-3-17-8)13-10(11)15-9;7-4-5-2-1-3-6-5/h4,6-7,9-10,22H,2-3,5,8H2,1H3,(H,17,18,19);2-5H,1H3,(H,13,14,15);5-7H,1-4H2/t10-;;5-/m1.1/s1. The van der Waals surface area contributed by atoms with Crippen LogP contribution in [-0.4, -0.2) is 87.6 Å². The van der Waals surface area contributed by atoms with Crippen LogP contribution in [0.1, 0.15) is 25.7 Å². The van der Waals surface area contributed by atoms with Gasteiger partial charge in [0, 0.05) is 51.2 Å². The van der Waals surface area contributed by atoms with Crippen molar-refractivity contribution >= 4 is 63.0 Å². The molecule has 2 aliphatic heterocycles. The van der Waals surface area contributed by atoms with Gasteiger partial charge in [0.2, 0.25) is 11.2 Å². The number of hydrogen-bond acceptors (Lipinski definition) is 14. The predicted molar refractivity (Wildman–Crippen MR) is 177 cm³/mol. The first-order valence-corrected chi connectivity index (χ1v) is 15.7. The van der Waals surface area contributed by atoms with E-state index in [0.717, 1.165) is 37.9 Å². The van der Waals surface area contributed by atoms with Crippen LogP contribution < -0.4 is 20.9 Å². The van der Waals surface area contributed by atoms with E-state index in [2.05, 4.69) is 50.8 Å². The van der Waals surface area contributed by atoms with Gasteiger partial charge in [0.1, 0.15) is 22.7 Å². The molecule has 248 valence electrons. The quantitative estimate of drug-likeness (QED) is 0.155. The van der Waals surface area contributed by atoms with Crippen molar-refractivity contribution in [1.82, 2.24) is 44.4 Å². The average molecular weight is 665 g/mol. The third kappa shape index (κ3) is 7.79. The van der Waals surface area contributed by atoms with E-state index in [9.17, 15) is 5.11 Å². The minimum Gasteiger partial charge on any atom is -0.459 e. The first-order chi connectivity index (χ1) is 22.9. The zero-order chi connectivity index (χ0) is 32.8. The van der Waals surface area contributed by atoms with Crippen LogP contribution in [0.5, 0.6) is 0 Å². The molecule has 0 aromatic carbocycles. The van der Waals surface area contributed by atoms with Gasteiger partial charge < -0.3 is 49.0 Å². The molecule has 8 heterocycles. The van der Waals surface area contributed by atoms with Gasteiger partial charge in [0.25, 0.3) is 0 Å². The summed E-state index contributed by atoms with van der Waals surface area (Å²) < 4.78 is 14.5. The maximum Gasteiger partial charge on any atom is 0.228 e. The van der Waals surface area contributed by atoms with Crippen LogP contribution in [0.3, 0.4) is 0 Å². The fraction of sp³-hybridized carbons (Fsp3) is 0.400. The Bertz CT molecular complexity index is 1900. The van der Waals surface area contributed by atoms with Crippen molar-refractivity contribution < 1.29 is 19.0 Å². The molecule has 2 saturated heterocycles. The second kappa shape index (κ2) is 14.8. The van der Waals surface area contributed by atoms with Crippen molar-refractivity contribution in [3.8, 4) is 0 Å². The molecule has 6 aromatic rings. The highest BCUT2D eigenvalue weighted by Gasteiger charge is 2.27. The van der Waals surface area contributed by atoms with Crippen LogP contribution in [0.4, 0.5) is 29.2 Å². The van der Waals surface area contributed by atoms with Crippen LogP contribution >= 0.6 is 11.6 Å². The number of furan rings is 2. The van der Waals surface area contributed by atoms with E-state index < -0.39 is 0 Å². The van der Waals surface area contributed by atoms with Crippen LogP contribution in [0.2, 0.25) is 5.28 Å². The molecule has 0 spiro atoms. The Morgan fingerprint density at radius 2 is 1.49 bits per heavy atom. The lowest BCUT2D eigenvalue weighted by molar-refractivity contribution is 0.255. The van der Waals surface area contributed by atoms with Crippen molar-refractivity contribution in [2.24, 2.45) is 14.1 Å². The van der Waals surface area contributed by atoms with Gasteiger partial charge in [-0.05, 0) is 43.8 Å². The van der Waals surface area contributed by atoms with Crippen molar-refractivity contribution in [1.29, 1.82) is 0 Å². The molecule has 8 rings (SSSR count). The van der Waals surface area contributed by atoms with Crippen molar-refractivity contribution in [2.45, 2.75) is 37.8 Å². The van der Waals surface area contributed by atoms with Gasteiger partial charge in [0.15, 0.2) is 22.8 Å². The molecule has 0 amide bonds. The fourth-order valence-electron chi connectivity index (χ4n) is 5.38. The molecule has 2 fully saturated rings. The number of imidazole rings is 2. The number of aryl methyl sites for hydroxylation is 2. The molecule has 6 aromatic heterocycles. The molecule has 0 radical (unpaired) electrons. The number of rotatable bonds is 7. The lowest BCUT2D eigenvalue weighted by Gasteiger charge is -2.23. The van der Waals surface area contributed by atoms with E-state index in [4.69, 9.17) is 25.5 Å². The van der Waals surface area contributed by atoms with Crippen molar-refractivity contribution in [3.05, 3.63) is 55.0 Å². The maximum atomic E-state index is 9.53. The van der Waals surface area contributed by atoms with Gasteiger partial charge in [-0.25, -0.2) is 19.9 Å². The first kappa shape index (κ1) is 32.2. The molecule has 0 unspecified atom stereocenters.